The predicted molar refractivity (Wildman–Crippen MR) is 68.3 cm³/mol. The summed E-state index contributed by atoms with van der Waals surface area (Å²) in [5.74, 6) is -0.419. The van der Waals surface area contributed by atoms with Crippen LogP contribution in [0.25, 0.3) is 0 Å². The van der Waals surface area contributed by atoms with Crippen LogP contribution in [0.2, 0.25) is 0 Å². The van der Waals surface area contributed by atoms with Gasteiger partial charge in [0.2, 0.25) is 0 Å². The van der Waals surface area contributed by atoms with Gasteiger partial charge in [-0.2, -0.15) is 0 Å². The Hall–Kier alpha value is -1.31. The topological polar surface area (TPSA) is 51.8 Å². The highest BCUT2D eigenvalue weighted by Gasteiger charge is 2.05. The van der Waals surface area contributed by atoms with Crippen molar-refractivity contribution in [3.8, 4) is 0 Å². The van der Waals surface area contributed by atoms with Gasteiger partial charge >= 0.3 is 0 Å². The van der Waals surface area contributed by atoms with Crippen LogP contribution in [-0.4, -0.2) is 9.97 Å². The van der Waals surface area contributed by atoms with Crippen LogP contribution in [0, 0.1) is 15.2 Å². The Morgan fingerprint density at radius 3 is 2.41 bits per heavy atom. The summed E-state index contributed by atoms with van der Waals surface area (Å²) in [5, 5.41) is 0. The molecule has 0 fully saturated rings. The van der Waals surface area contributed by atoms with E-state index in [9.17, 15) is 8.78 Å². The molecule has 1 heterocycles. The highest BCUT2D eigenvalue weighted by Crippen LogP contribution is 2.14. The van der Waals surface area contributed by atoms with Gasteiger partial charge in [-0.25, -0.2) is 18.7 Å². The van der Waals surface area contributed by atoms with Gasteiger partial charge in [0.15, 0.2) is 0 Å². The molecule has 6 heteroatoms. The third-order valence-corrected chi connectivity index (χ3v) is 2.94. The highest BCUT2D eigenvalue weighted by atomic mass is 127. The van der Waals surface area contributed by atoms with Gasteiger partial charge < -0.3 is 5.73 Å². The largest absolute Gasteiger partial charge is 0.383 e. The molecule has 1 aromatic carbocycles. The summed E-state index contributed by atoms with van der Waals surface area (Å²) in [5.41, 5.74) is 6.10. The van der Waals surface area contributed by atoms with Crippen molar-refractivity contribution in [3.05, 3.63) is 51.0 Å². The van der Waals surface area contributed by atoms with E-state index in [1.807, 2.05) is 22.6 Å². The first kappa shape index (κ1) is 12.2. The van der Waals surface area contributed by atoms with Crippen molar-refractivity contribution in [1.82, 2.24) is 9.97 Å². The molecule has 2 N–H and O–H groups in total. The van der Waals surface area contributed by atoms with E-state index in [-0.39, 0.29) is 6.42 Å². The molecule has 17 heavy (non-hydrogen) atoms. The van der Waals surface area contributed by atoms with Gasteiger partial charge in [-0.3, -0.25) is 0 Å². The van der Waals surface area contributed by atoms with E-state index in [0.717, 1.165) is 9.64 Å². The monoisotopic (exact) mass is 347 g/mol. The molecule has 2 rings (SSSR count). The maximum Gasteiger partial charge on any atom is 0.140 e. The van der Waals surface area contributed by atoms with Gasteiger partial charge in [0.05, 0.1) is 3.57 Å². The van der Waals surface area contributed by atoms with Gasteiger partial charge in [0.1, 0.15) is 23.3 Å². The fourth-order valence-electron chi connectivity index (χ4n) is 1.40. The van der Waals surface area contributed by atoms with E-state index >= 15 is 0 Å². The number of nitrogen functional groups attached to an aromatic ring is 1. The number of rotatable bonds is 2. The van der Waals surface area contributed by atoms with Crippen molar-refractivity contribution < 1.29 is 8.78 Å². The number of hydrogen-bond acceptors (Lipinski definition) is 3. The fourth-order valence-corrected chi connectivity index (χ4v) is 1.66. The Labute approximate surface area is 110 Å². The molecule has 0 amide bonds. The molecule has 0 radical (unpaired) electrons. The van der Waals surface area contributed by atoms with E-state index in [1.165, 1.54) is 12.1 Å². The Morgan fingerprint density at radius 2 is 1.82 bits per heavy atom. The van der Waals surface area contributed by atoms with Crippen molar-refractivity contribution in [3.63, 3.8) is 0 Å². The average Bonchev–Trinajstić information content (AvgIpc) is 2.22. The summed E-state index contributed by atoms with van der Waals surface area (Å²) in [6.07, 6.45) is 1.82. The zero-order valence-corrected chi connectivity index (χ0v) is 10.8. The minimum absolute atomic E-state index is 0.246. The Kier molecular flexibility index (Phi) is 3.51. The molecule has 88 valence electrons. The molecule has 3 nitrogen and oxygen atoms in total. The predicted octanol–water partition coefficient (Wildman–Crippen LogP) is 2.53. The molecule has 0 saturated carbocycles. The standard InChI is InChI=1S/C11H8F2IN3/c12-7-1-6(2-8(13)4-7)3-10-16-5-9(14)11(15)17-10/h1-2,4-5H,3H2,(H2,15,16,17). The van der Waals surface area contributed by atoms with Crippen LogP contribution in [0.1, 0.15) is 11.4 Å². The summed E-state index contributed by atoms with van der Waals surface area (Å²) < 4.78 is 26.7. The summed E-state index contributed by atoms with van der Waals surface area (Å²) in [7, 11) is 0. The van der Waals surface area contributed by atoms with Crippen LogP contribution in [0.3, 0.4) is 0 Å². The maximum atomic E-state index is 13.0. The van der Waals surface area contributed by atoms with Crippen LogP contribution < -0.4 is 5.73 Å². The summed E-state index contributed by atoms with van der Waals surface area (Å²) in [4.78, 5) is 8.09. The summed E-state index contributed by atoms with van der Waals surface area (Å²) >= 11 is 2.01. The van der Waals surface area contributed by atoms with Gasteiger partial charge in [0, 0.05) is 18.7 Å². The van der Waals surface area contributed by atoms with Crippen LogP contribution >= 0.6 is 22.6 Å². The van der Waals surface area contributed by atoms with Crippen molar-refractivity contribution >= 4 is 28.4 Å². The van der Waals surface area contributed by atoms with E-state index < -0.39 is 11.6 Å². The SMILES string of the molecule is Nc1nc(Cc2cc(F)cc(F)c2)ncc1I. The van der Waals surface area contributed by atoms with Gasteiger partial charge in [-0.05, 0) is 40.3 Å². The second-order valence-electron chi connectivity index (χ2n) is 3.47. The number of benzene rings is 1. The van der Waals surface area contributed by atoms with Crippen molar-refractivity contribution in [2.75, 3.05) is 5.73 Å². The van der Waals surface area contributed by atoms with Crippen LogP contribution in [-0.2, 0) is 6.42 Å². The molecule has 0 saturated heterocycles. The first-order valence-electron chi connectivity index (χ1n) is 4.76. The number of hydrogen-bond donors (Lipinski definition) is 1. The lowest BCUT2D eigenvalue weighted by Gasteiger charge is -2.03. The molecule has 0 aliphatic rings. The lowest BCUT2D eigenvalue weighted by molar-refractivity contribution is 0.580. The molecule has 0 aliphatic heterocycles. The first-order chi connectivity index (χ1) is 8.04. The van der Waals surface area contributed by atoms with Crippen LogP contribution in [0.15, 0.2) is 24.4 Å². The zero-order valence-electron chi connectivity index (χ0n) is 8.62. The van der Waals surface area contributed by atoms with Crippen LogP contribution in [0.4, 0.5) is 14.6 Å². The molecular weight excluding hydrogens is 339 g/mol. The molecule has 2 aromatic rings. The third kappa shape index (κ3) is 3.09. The Morgan fingerprint density at radius 1 is 1.18 bits per heavy atom. The fraction of sp³-hybridized carbons (Fsp3) is 0.0909. The second kappa shape index (κ2) is 4.91. The number of anilines is 1. The third-order valence-electron chi connectivity index (χ3n) is 2.11. The van der Waals surface area contributed by atoms with Gasteiger partial charge in [0.25, 0.3) is 0 Å². The molecule has 0 atom stereocenters. The Balaban J connectivity index is 2.28. The number of nitrogens with two attached hydrogens (primary N) is 1. The number of halogens is 3. The lowest BCUT2D eigenvalue weighted by atomic mass is 10.1. The maximum absolute atomic E-state index is 13.0. The quantitative estimate of drug-likeness (QED) is 0.850. The molecule has 0 bridgehead atoms. The molecule has 0 aliphatic carbocycles. The van der Waals surface area contributed by atoms with E-state index in [0.29, 0.717) is 17.2 Å². The summed E-state index contributed by atoms with van der Waals surface area (Å²) in [6, 6.07) is 3.33. The van der Waals surface area contributed by atoms with Gasteiger partial charge in [-0.15, -0.1) is 0 Å². The van der Waals surface area contributed by atoms with Crippen molar-refractivity contribution in [1.29, 1.82) is 0 Å². The minimum atomic E-state index is -0.613. The Bertz CT molecular complexity index is 540. The summed E-state index contributed by atoms with van der Waals surface area (Å²) in [6.45, 7) is 0. The van der Waals surface area contributed by atoms with E-state index in [4.69, 9.17) is 5.73 Å². The van der Waals surface area contributed by atoms with Crippen molar-refractivity contribution in [2.45, 2.75) is 6.42 Å². The number of nitrogens with zero attached hydrogens (tertiary/aromatic N) is 2. The highest BCUT2D eigenvalue weighted by molar-refractivity contribution is 14.1. The normalized spacial score (nSPS) is 10.5. The minimum Gasteiger partial charge on any atom is -0.383 e. The van der Waals surface area contributed by atoms with Gasteiger partial charge in [-0.1, -0.05) is 0 Å². The average molecular weight is 347 g/mol. The second-order valence-corrected chi connectivity index (χ2v) is 4.64. The molecule has 1 aromatic heterocycles. The first-order valence-corrected chi connectivity index (χ1v) is 5.84. The smallest absolute Gasteiger partial charge is 0.140 e. The molecule has 0 unspecified atom stereocenters. The van der Waals surface area contributed by atoms with Crippen LogP contribution in [0.5, 0.6) is 0 Å². The molecular formula is C11H8F2IN3. The van der Waals surface area contributed by atoms with E-state index in [2.05, 4.69) is 9.97 Å². The van der Waals surface area contributed by atoms with Crippen molar-refractivity contribution in [2.24, 2.45) is 0 Å². The molecule has 0 spiro atoms. The zero-order chi connectivity index (χ0) is 12.4. The number of aromatic nitrogens is 2. The lowest BCUT2D eigenvalue weighted by Crippen LogP contribution is -2.02. The van der Waals surface area contributed by atoms with E-state index in [1.54, 1.807) is 6.20 Å².